The van der Waals surface area contributed by atoms with Gasteiger partial charge in [0, 0.05) is 60.1 Å². The van der Waals surface area contributed by atoms with Gasteiger partial charge in [0.2, 0.25) is 0 Å². The van der Waals surface area contributed by atoms with Crippen LogP contribution in [0.1, 0.15) is 227 Å². The molecule has 0 spiro atoms. The predicted molar refractivity (Wildman–Crippen MR) is 473 cm³/mol. The number of benzene rings is 1. The number of imide groups is 1. The number of nitrogens with one attached hydrogen (secondary N) is 8. The van der Waals surface area contributed by atoms with Crippen LogP contribution in [0.2, 0.25) is 0 Å². The first-order valence-electron chi connectivity index (χ1n) is 40.9. The number of fused-ring (bicyclic) bond motifs is 1. The van der Waals surface area contributed by atoms with Crippen LogP contribution in [-0.4, -0.2) is 129 Å². The normalized spacial score (nSPS) is 12.6. The number of primary amides is 4. The molecule has 4 atom stereocenters. The van der Waals surface area contributed by atoms with E-state index >= 15 is 4.39 Å². The van der Waals surface area contributed by atoms with Gasteiger partial charge in [-0.1, -0.05) is 87.3 Å². The number of carbonyl (C=O) groups excluding carboxylic acids is 6. The van der Waals surface area contributed by atoms with Crippen LogP contribution >= 0.6 is 0 Å². The Balaban J connectivity index is 0.000000226. The third kappa shape index (κ3) is 27.0. The average molecular weight is 1680 g/mol. The van der Waals surface area contributed by atoms with Crippen molar-refractivity contribution in [2.75, 3.05) is 62.2 Å². The second-order valence-electron chi connectivity index (χ2n) is 31.7. The Morgan fingerprint density at radius 1 is 0.393 bits per heavy atom. The fourth-order valence-electron chi connectivity index (χ4n) is 12.9. The van der Waals surface area contributed by atoms with E-state index in [-0.39, 0.29) is 136 Å². The molecule has 1 aromatic carbocycles. The molecular formula is C89H118F4N22O7. The number of anilines is 12. The summed E-state index contributed by atoms with van der Waals surface area (Å²) in [6, 6.07) is 18.4. The summed E-state index contributed by atoms with van der Waals surface area (Å²) in [5.74, 6) is -4.63. The van der Waals surface area contributed by atoms with Crippen molar-refractivity contribution in [3.05, 3.63) is 199 Å². The predicted octanol–water partition coefficient (Wildman–Crippen LogP) is 15.8. The van der Waals surface area contributed by atoms with Crippen molar-refractivity contribution in [1.82, 2.24) is 44.8 Å². The molecule has 0 saturated heterocycles. The smallest absolute Gasteiger partial charge is 0.261 e. The van der Waals surface area contributed by atoms with E-state index in [1.165, 1.54) is 4.90 Å². The number of amides is 6. The van der Waals surface area contributed by atoms with Crippen LogP contribution in [0, 0.1) is 102 Å². The number of carbonyl (C=O) groups is 6. The Bertz CT molecular complexity index is 4800. The van der Waals surface area contributed by atoms with Gasteiger partial charge < -0.3 is 76.3 Å². The molecule has 9 heterocycles. The third-order valence-corrected chi connectivity index (χ3v) is 20.9. The zero-order valence-electron chi connectivity index (χ0n) is 72.7. The Hall–Kier alpha value is -12.5. The lowest BCUT2D eigenvalue weighted by atomic mass is 9.98. The molecule has 1 aliphatic rings. The molecule has 8 aromatic heterocycles. The second kappa shape index (κ2) is 45.2. The number of hydrogen-bond donors (Lipinski definition) is 14. The summed E-state index contributed by atoms with van der Waals surface area (Å²) in [4.78, 5) is 108. The van der Waals surface area contributed by atoms with Crippen LogP contribution in [0.15, 0.2) is 97.6 Å². The number of hydrogen-bond acceptors (Lipinski definition) is 24. The summed E-state index contributed by atoms with van der Waals surface area (Å²) in [5.41, 5.74) is 38.0. The minimum absolute atomic E-state index is 0.00103. The molecule has 29 nitrogen and oxygen atoms in total. The fourth-order valence-corrected chi connectivity index (χ4v) is 12.9. The molecule has 0 saturated carbocycles. The van der Waals surface area contributed by atoms with Crippen LogP contribution in [0.4, 0.5) is 86.9 Å². The van der Waals surface area contributed by atoms with Crippen molar-refractivity contribution in [1.29, 1.82) is 0 Å². The van der Waals surface area contributed by atoms with Gasteiger partial charge in [-0.3, -0.25) is 53.6 Å². The molecule has 0 bridgehead atoms. The SMILES string of the molecule is CCCC[C@@H](Nc1nc(Nc2cnc(C)c(C)c2)c(C(N)=O)cc1F)C(C)C.Cc1cc(Nc2nc(N[C@H](CCCN)C(C)C)c(F)cc2C(N)=O)cnc1C.Cc1cc(Nc2nc(N[C@H](CCCN3C(=O)c4ccccc4C3=O)C(C)C)c(F)cc2C(N)=O)cnc1C.Cc1cc(Nc2nc(N[C@H](CCCO)C(C)C)c(F)cc2C(N)=O)cnc1C. The van der Waals surface area contributed by atoms with Gasteiger partial charge in [-0.15, -0.1) is 0 Å². The maximum Gasteiger partial charge on any atom is 0.261 e. The summed E-state index contributed by atoms with van der Waals surface area (Å²) in [5, 5.41) is 33.8. The average Bonchev–Trinajstić information content (AvgIpc) is 1.78. The first-order chi connectivity index (χ1) is 57.7. The zero-order valence-corrected chi connectivity index (χ0v) is 72.7. The lowest BCUT2D eigenvalue weighted by molar-refractivity contribution is 0.0649. The van der Waals surface area contributed by atoms with Crippen LogP contribution in [-0.2, 0) is 0 Å². The number of unbranched alkanes of at least 4 members (excludes halogenated alkanes) is 1. The molecule has 122 heavy (non-hydrogen) atoms. The lowest BCUT2D eigenvalue weighted by Crippen LogP contribution is -2.33. The molecule has 0 radical (unpaired) electrons. The number of halogens is 4. The van der Waals surface area contributed by atoms with Gasteiger partial charge in [-0.25, -0.2) is 37.5 Å². The summed E-state index contributed by atoms with van der Waals surface area (Å²) < 4.78 is 58.8. The van der Waals surface area contributed by atoms with Gasteiger partial charge in [-0.05, 0) is 213 Å². The van der Waals surface area contributed by atoms with E-state index in [1.807, 2.05) is 121 Å². The first-order valence-corrected chi connectivity index (χ1v) is 40.9. The summed E-state index contributed by atoms with van der Waals surface area (Å²) in [6.45, 7) is 34.5. The van der Waals surface area contributed by atoms with Gasteiger partial charge in [0.25, 0.3) is 35.4 Å². The molecule has 1 aliphatic heterocycles. The van der Waals surface area contributed by atoms with Crippen LogP contribution in [0.5, 0.6) is 0 Å². The van der Waals surface area contributed by atoms with Crippen LogP contribution in [0.3, 0.4) is 0 Å². The molecule has 6 amide bonds. The maximum absolute atomic E-state index is 15.0. The number of nitrogens with two attached hydrogens (primary N) is 5. The standard InChI is InChI=1S/C28H31FN6O3.C21H30FN5O.C20H29FN6O.C20H28FN5O2/c1-15(2)23(10-7-11-35-27(37)19-8-5-6-9-20(19)28(35)38)33-26-22(29)13-21(24(30)36)25(34-26)32-18-12-16(3)17(4)31-14-18;1-6-7-8-18(12(2)3)26-21-17(22)10-16(19(23)28)20(27-21)25-15-9-13(4)14(5)24-11-15;1-11(2)17(6-5-7-22)26-20-16(21)9-15(18(23)28)19(27-20)25-14-8-12(3)13(4)24-10-14;1-11(2)17(6-5-7-27)25-20-16(21)9-15(18(22)28)19(26-20)24-14-8-12(3)13(4)23-10-14/h5-6,8-9,12-15,23H,7,10-11H2,1-4H3,(H2,30,36)(H2,32,33,34);9-12,18H,6-8H2,1-5H3,(H2,23,28)(H2,25,26,27);8-11,17H,5-7,22H2,1-4H3,(H2,23,28)(H2,25,26,27);8-11,17,27H,5-7H2,1-4H3,(H2,22,28)(H2,24,25,26)/t23-;18-;2*17-/m1111/s1. The van der Waals surface area contributed by atoms with Crippen molar-refractivity contribution >= 4 is 105 Å². The molecular weight excluding hydrogens is 1570 g/mol. The van der Waals surface area contributed by atoms with Gasteiger partial charge in [0.15, 0.2) is 46.5 Å². The van der Waals surface area contributed by atoms with Gasteiger partial charge in [-0.2, -0.15) is 0 Å². The molecule has 10 rings (SSSR count). The minimum Gasteiger partial charge on any atom is -0.396 e. The molecule has 0 fully saturated rings. The van der Waals surface area contributed by atoms with E-state index < -0.39 is 46.9 Å². The molecule has 0 aliphatic carbocycles. The number of rotatable bonds is 37. The zero-order chi connectivity index (χ0) is 90.1. The summed E-state index contributed by atoms with van der Waals surface area (Å²) >= 11 is 0. The van der Waals surface area contributed by atoms with Gasteiger partial charge in [0.05, 0.1) is 80.9 Å². The van der Waals surface area contributed by atoms with Crippen molar-refractivity contribution in [2.45, 2.75) is 200 Å². The summed E-state index contributed by atoms with van der Waals surface area (Å²) in [6.07, 6.45) is 13.4. The Morgan fingerprint density at radius 2 is 0.648 bits per heavy atom. The number of pyridine rings is 8. The van der Waals surface area contributed by atoms with Gasteiger partial charge in [0.1, 0.15) is 23.3 Å². The van der Waals surface area contributed by atoms with Crippen molar-refractivity contribution < 1.29 is 51.4 Å². The largest absolute Gasteiger partial charge is 0.396 e. The summed E-state index contributed by atoms with van der Waals surface area (Å²) in [7, 11) is 0. The third-order valence-electron chi connectivity index (χ3n) is 20.9. The Kier molecular flexibility index (Phi) is 35.8. The highest BCUT2D eigenvalue weighted by Crippen LogP contribution is 2.33. The second-order valence-corrected chi connectivity index (χ2v) is 31.7. The molecule has 9 aromatic rings. The highest BCUT2D eigenvalue weighted by atomic mass is 19.1. The number of aliphatic hydroxyl groups is 1. The van der Waals surface area contributed by atoms with Crippen LogP contribution in [0.25, 0.3) is 0 Å². The monoisotopic (exact) mass is 1680 g/mol. The Morgan fingerprint density at radius 3 is 0.877 bits per heavy atom. The van der Waals surface area contributed by atoms with Crippen molar-refractivity contribution in [2.24, 2.45) is 52.3 Å². The topological polar surface area (TPSA) is 455 Å². The van der Waals surface area contributed by atoms with E-state index in [4.69, 9.17) is 33.8 Å². The highest BCUT2D eigenvalue weighted by molar-refractivity contribution is 6.21. The molecule has 19 N–H and O–H groups in total. The molecule has 654 valence electrons. The lowest BCUT2D eigenvalue weighted by Gasteiger charge is -2.25. The maximum atomic E-state index is 15.0. The Labute approximate surface area is 711 Å². The van der Waals surface area contributed by atoms with Crippen LogP contribution < -0.4 is 71.2 Å². The van der Waals surface area contributed by atoms with Crippen molar-refractivity contribution in [3.8, 4) is 0 Å². The quantitative estimate of drug-likeness (QED) is 0.0127. The van der Waals surface area contributed by atoms with E-state index in [9.17, 15) is 41.9 Å². The molecule has 33 heteroatoms. The number of aromatic nitrogens is 8. The van der Waals surface area contributed by atoms with E-state index in [0.717, 1.165) is 101 Å². The van der Waals surface area contributed by atoms with E-state index in [1.54, 1.807) is 49.1 Å². The van der Waals surface area contributed by atoms with E-state index in [0.29, 0.717) is 72.0 Å². The fraction of sp³-hybridized carbons (Fsp3) is 0.416. The number of aryl methyl sites for hydroxylation is 8. The van der Waals surface area contributed by atoms with Crippen molar-refractivity contribution in [3.63, 3.8) is 0 Å². The van der Waals surface area contributed by atoms with E-state index in [2.05, 4.69) is 103 Å². The number of aliphatic hydroxyl groups excluding tert-OH is 1. The highest BCUT2D eigenvalue weighted by Gasteiger charge is 2.35. The van der Waals surface area contributed by atoms with Gasteiger partial charge >= 0.3 is 0 Å². The molecule has 0 unspecified atom stereocenters. The number of nitrogens with zero attached hydrogens (tertiary/aromatic N) is 9. The first kappa shape index (κ1) is 96.6. The minimum atomic E-state index is -0.816.